The lowest BCUT2D eigenvalue weighted by Crippen LogP contribution is -2.31. The van der Waals surface area contributed by atoms with E-state index < -0.39 is 18.2 Å². The smallest absolute Gasteiger partial charge is 0.415 e. The summed E-state index contributed by atoms with van der Waals surface area (Å²) in [7, 11) is 1.45. The average molecular weight is 536 g/mol. The summed E-state index contributed by atoms with van der Waals surface area (Å²) in [6.07, 6.45) is 3.86. The first-order chi connectivity index (χ1) is 18.7. The Morgan fingerprint density at radius 2 is 1.97 bits per heavy atom. The SMILES string of the molecule is C=CCc1c(C)cc(OC(=O)N2CC3CCC3C2)c2c1COC(=O)c1c(ccc([C@@H](O)CC(C)C)c1OC)O2. The fraction of sp³-hybridized carbons (Fsp3) is 0.484. The molecule has 0 spiro atoms. The van der Waals surface area contributed by atoms with Crippen LogP contribution in [0.3, 0.4) is 0 Å². The molecule has 1 aliphatic carbocycles. The van der Waals surface area contributed by atoms with Crippen molar-refractivity contribution in [3.63, 3.8) is 0 Å². The molecule has 1 amide bonds. The van der Waals surface area contributed by atoms with Gasteiger partial charge in [-0.1, -0.05) is 19.9 Å². The van der Waals surface area contributed by atoms with Crippen LogP contribution in [-0.2, 0) is 17.8 Å². The number of hydrogen-bond acceptors (Lipinski definition) is 7. The number of carbonyl (C=O) groups is 2. The Morgan fingerprint density at radius 3 is 2.59 bits per heavy atom. The van der Waals surface area contributed by atoms with Crippen molar-refractivity contribution in [2.75, 3.05) is 20.2 Å². The molecular weight excluding hydrogens is 498 g/mol. The van der Waals surface area contributed by atoms with Crippen LogP contribution in [0.15, 0.2) is 30.9 Å². The number of fused-ring (bicyclic) bond motifs is 3. The molecule has 39 heavy (non-hydrogen) atoms. The Balaban J connectivity index is 1.57. The minimum absolute atomic E-state index is 0.0845. The van der Waals surface area contributed by atoms with Crippen molar-refractivity contribution in [3.8, 4) is 23.0 Å². The maximum absolute atomic E-state index is 13.3. The second kappa shape index (κ2) is 10.9. The lowest BCUT2D eigenvalue weighted by molar-refractivity contribution is 0.0452. The summed E-state index contributed by atoms with van der Waals surface area (Å²) in [6, 6.07) is 5.12. The number of likely N-dealkylation sites (tertiary alicyclic amines) is 1. The van der Waals surface area contributed by atoms with E-state index in [1.807, 2.05) is 20.8 Å². The van der Waals surface area contributed by atoms with E-state index in [2.05, 4.69) is 6.58 Å². The Hall–Kier alpha value is -3.52. The third-order valence-electron chi connectivity index (χ3n) is 8.15. The molecule has 2 unspecified atom stereocenters. The van der Waals surface area contributed by atoms with E-state index in [-0.39, 0.29) is 35.3 Å². The molecule has 2 fully saturated rings. The van der Waals surface area contributed by atoms with Crippen molar-refractivity contribution in [2.24, 2.45) is 17.8 Å². The summed E-state index contributed by atoms with van der Waals surface area (Å²) < 4.78 is 23.8. The van der Waals surface area contributed by atoms with Crippen molar-refractivity contribution in [2.45, 2.75) is 59.2 Å². The number of rotatable bonds is 7. The van der Waals surface area contributed by atoms with Gasteiger partial charge in [-0.05, 0) is 79.7 Å². The number of cyclic esters (lactones) is 1. The van der Waals surface area contributed by atoms with Crippen LogP contribution in [-0.4, -0.2) is 42.3 Å². The van der Waals surface area contributed by atoms with Gasteiger partial charge in [-0.3, -0.25) is 0 Å². The van der Waals surface area contributed by atoms with Gasteiger partial charge in [0.25, 0.3) is 0 Å². The number of aryl methyl sites for hydroxylation is 1. The number of aliphatic hydroxyl groups is 1. The third-order valence-corrected chi connectivity index (χ3v) is 8.15. The van der Waals surface area contributed by atoms with E-state index in [1.165, 1.54) is 7.11 Å². The summed E-state index contributed by atoms with van der Waals surface area (Å²) >= 11 is 0. The molecule has 0 bridgehead atoms. The summed E-state index contributed by atoms with van der Waals surface area (Å²) in [6.45, 7) is 11.1. The van der Waals surface area contributed by atoms with Crippen molar-refractivity contribution in [1.29, 1.82) is 0 Å². The molecule has 208 valence electrons. The van der Waals surface area contributed by atoms with Gasteiger partial charge in [-0.25, -0.2) is 9.59 Å². The van der Waals surface area contributed by atoms with Gasteiger partial charge in [0.15, 0.2) is 11.5 Å². The van der Waals surface area contributed by atoms with Gasteiger partial charge in [-0.15, -0.1) is 6.58 Å². The molecule has 1 N–H and O–H groups in total. The maximum Gasteiger partial charge on any atom is 0.415 e. The first-order valence-electron chi connectivity index (χ1n) is 13.7. The predicted octanol–water partition coefficient (Wildman–Crippen LogP) is 6.11. The molecule has 2 heterocycles. The quantitative estimate of drug-likeness (QED) is 0.337. The number of nitrogens with zero attached hydrogens (tertiary/aromatic N) is 1. The molecule has 3 atom stereocenters. The van der Waals surface area contributed by atoms with Crippen LogP contribution in [0.25, 0.3) is 0 Å². The topological polar surface area (TPSA) is 94.5 Å². The van der Waals surface area contributed by atoms with E-state index >= 15 is 0 Å². The first-order valence-corrected chi connectivity index (χ1v) is 13.7. The zero-order valence-electron chi connectivity index (χ0n) is 23.1. The van der Waals surface area contributed by atoms with Crippen LogP contribution in [0.1, 0.15) is 71.8 Å². The van der Waals surface area contributed by atoms with Crippen LogP contribution in [0.5, 0.6) is 23.0 Å². The van der Waals surface area contributed by atoms with Gasteiger partial charge in [0.2, 0.25) is 0 Å². The van der Waals surface area contributed by atoms with Crippen LogP contribution in [0.2, 0.25) is 0 Å². The lowest BCUT2D eigenvalue weighted by atomic mass is 9.77. The molecule has 2 aliphatic heterocycles. The van der Waals surface area contributed by atoms with Crippen molar-refractivity contribution in [3.05, 3.63) is 58.7 Å². The Bertz CT molecular complexity index is 1290. The average Bonchev–Trinajstić information content (AvgIpc) is 3.17. The zero-order chi connectivity index (χ0) is 27.8. The van der Waals surface area contributed by atoms with E-state index in [9.17, 15) is 14.7 Å². The number of esters is 1. The molecular formula is C31H37NO7. The fourth-order valence-electron chi connectivity index (χ4n) is 5.94. The molecule has 2 aromatic carbocycles. The highest BCUT2D eigenvalue weighted by Gasteiger charge is 2.42. The fourth-order valence-corrected chi connectivity index (χ4v) is 5.94. The first kappa shape index (κ1) is 27.1. The van der Waals surface area contributed by atoms with Gasteiger partial charge in [0.05, 0.1) is 13.2 Å². The molecule has 3 aliphatic rings. The molecule has 8 nitrogen and oxygen atoms in total. The Kier molecular flexibility index (Phi) is 7.58. The maximum atomic E-state index is 13.3. The molecule has 0 aromatic heterocycles. The Morgan fingerprint density at radius 1 is 1.26 bits per heavy atom. The van der Waals surface area contributed by atoms with Gasteiger partial charge in [-0.2, -0.15) is 0 Å². The summed E-state index contributed by atoms with van der Waals surface area (Å²) in [4.78, 5) is 28.3. The lowest BCUT2D eigenvalue weighted by Gasteiger charge is -2.27. The van der Waals surface area contributed by atoms with Crippen LogP contribution < -0.4 is 14.2 Å². The molecule has 5 rings (SSSR count). The third kappa shape index (κ3) is 5.10. The minimum Gasteiger partial charge on any atom is -0.495 e. The number of ether oxygens (including phenoxy) is 4. The predicted molar refractivity (Wildman–Crippen MR) is 145 cm³/mol. The second-order valence-corrected chi connectivity index (χ2v) is 11.2. The highest BCUT2D eigenvalue weighted by Crippen LogP contribution is 2.46. The highest BCUT2D eigenvalue weighted by molar-refractivity contribution is 5.97. The minimum atomic E-state index is -0.829. The van der Waals surface area contributed by atoms with E-state index in [0.717, 1.165) is 24.0 Å². The summed E-state index contributed by atoms with van der Waals surface area (Å²) in [5.74, 6) is 1.72. The van der Waals surface area contributed by atoms with Gasteiger partial charge in [0, 0.05) is 24.2 Å². The summed E-state index contributed by atoms with van der Waals surface area (Å²) in [5.41, 5.74) is 2.97. The molecule has 2 aromatic rings. The zero-order valence-corrected chi connectivity index (χ0v) is 23.1. The number of aliphatic hydroxyl groups excluding tert-OH is 1. The largest absolute Gasteiger partial charge is 0.495 e. The summed E-state index contributed by atoms with van der Waals surface area (Å²) in [5, 5.41) is 10.8. The van der Waals surface area contributed by atoms with Crippen LogP contribution >= 0.6 is 0 Å². The van der Waals surface area contributed by atoms with Gasteiger partial charge >= 0.3 is 12.1 Å². The number of amides is 1. The number of methoxy groups -OCH3 is 1. The van der Waals surface area contributed by atoms with Crippen molar-refractivity contribution < 1.29 is 33.6 Å². The van der Waals surface area contributed by atoms with Crippen LogP contribution in [0.4, 0.5) is 4.79 Å². The van der Waals surface area contributed by atoms with Gasteiger partial charge in [0.1, 0.15) is 23.7 Å². The van der Waals surface area contributed by atoms with Gasteiger partial charge < -0.3 is 29.0 Å². The highest BCUT2D eigenvalue weighted by atomic mass is 16.6. The standard InChI is InChI=1S/C31H37NO7/c1-6-7-21-18(4)13-26(39-31(35)32-14-19-8-9-20(19)15-32)28-23(21)16-37-30(34)27-25(38-28)11-10-22(29(27)36-5)24(33)12-17(2)3/h6,10-11,13,17,19-20,24,33H,1,7-9,12,14-16H2,2-5H3/t19?,20?,24-/m0/s1. The van der Waals surface area contributed by atoms with E-state index in [1.54, 1.807) is 29.2 Å². The molecule has 1 saturated carbocycles. The van der Waals surface area contributed by atoms with Crippen molar-refractivity contribution in [1.82, 2.24) is 4.90 Å². The number of allylic oxidation sites excluding steroid dienone is 1. The molecule has 1 saturated heterocycles. The number of hydrogen-bond donors (Lipinski definition) is 1. The second-order valence-electron chi connectivity index (χ2n) is 11.2. The molecule has 0 radical (unpaired) electrons. The Labute approximate surface area is 229 Å². The van der Waals surface area contributed by atoms with Crippen LogP contribution in [0, 0.1) is 24.7 Å². The number of benzene rings is 2. The molecule has 8 heteroatoms. The monoisotopic (exact) mass is 535 g/mol. The van der Waals surface area contributed by atoms with E-state index in [0.29, 0.717) is 54.6 Å². The van der Waals surface area contributed by atoms with E-state index in [4.69, 9.17) is 18.9 Å². The van der Waals surface area contributed by atoms with Crippen molar-refractivity contribution >= 4 is 12.1 Å². The normalized spacial score (nSPS) is 20.4. The number of carbonyl (C=O) groups excluding carboxylic acids is 2.